The molecular weight excluding hydrogens is 313 g/mol. The van der Waals surface area contributed by atoms with Crippen molar-refractivity contribution in [2.24, 2.45) is 5.41 Å². The highest BCUT2D eigenvalue weighted by atomic mass is 35.5. The van der Waals surface area contributed by atoms with Crippen molar-refractivity contribution in [3.8, 4) is 0 Å². The van der Waals surface area contributed by atoms with Crippen LogP contribution >= 0.6 is 23.2 Å². The molecule has 1 unspecified atom stereocenters. The van der Waals surface area contributed by atoms with E-state index < -0.39 is 5.41 Å². The van der Waals surface area contributed by atoms with Gasteiger partial charge in [0.1, 0.15) is 0 Å². The van der Waals surface area contributed by atoms with Crippen molar-refractivity contribution in [3.63, 3.8) is 0 Å². The lowest BCUT2D eigenvalue weighted by Crippen LogP contribution is -2.40. The summed E-state index contributed by atoms with van der Waals surface area (Å²) in [7, 11) is 1.59. The van der Waals surface area contributed by atoms with E-state index in [4.69, 9.17) is 28.9 Å². The monoisotopic (exact) mass is 329 g/mol. The molecule has 0 saturated carbocycles. The number of benzene rings is 1. The highest BCUT2D eigenvalue weighted by Gasteiger charge is 2.41. The minimum atomic E-state index is -0.563. The maximum Gasteiger partial charge on any atom is 0.254 e. The molecule has 1 aliphatic rings. The lowest BCUT2D eigenvalue weighted by atomic mass is 9.89. The predicted molar refractivity (Wildman–Crippen MR) is 83.6 cm³/mol. The fourth-order valence-electron chi connectivity index (χ4n) is 2.54. The number of nitrogen functional groups attached to an aromatic ring is 1. The molecule has 1 heterocycles. The predicted octanol–water partition coefficient (Wildman–Crippen LogP) is 2.17. The first-order valence-corrected chi connectivity index (χ1v) is 7.30. The lowest BCUT2D eigenvalue weighted by Gasteiger charge is -2.23. The Balaban J connectivity index is 2.21. The molecule has 0 spiro atoms. The number of anilines is 1. The van der Waals surface area contributed by atoms with Crippen LogP contribution in [-0.2, 0) is 4.79 Å². The molecule has 1 fully saturated rings. The summed E-state index contributed by atoms with van der Waals surface area (Å²) in [6, 6.07) is 3.00. The summed E-state index contributed by atoms with van der Waals surface area (Å²) < 4.78 is 0. The number of amides is 2. The molecule has 114 valence electrons. The highest BCUT2D eigenvalue weighted by Crippen LogP contribution is 2.33. The summed E-state index contributed by atoms with van der Waals surface area (Å²) in [5.41, 5.74) is 5.81. The van der Waals surface area contributed by atoms with Gasteiger partial charge >= 0.3 is 0 Å². The molecule has 1 aliphatic heterocycles. The summed E-state index contributed by atoms with van der Waals surface area (Å²) >= 11 is 11.8. The van der Waals surface area contributed by atoms with Gasteiger partial charge in [-0.25, -0.2) is 0 Å². The molecule has 1 atom stereocenters. The summed E-state index contributed by atoms with van der Waals surface area (Å²) in [4.78, 5) is 26.0. The van der Waals surface area contributed by atoms with Crippen LogP contribution in [-0.4, -0.2) is 36.9 Å². The number of likely N-dealkylation sites (tertiary alicyclic amines) is 1. The zero-order valence-corrected chi connectivity index (χ0v) is 13.4. The van der Waals surface area contributed by atoms with E-state index in [0.717, 1.165) is 0 Å². The first kappa shape index (κ1) is 15.9. The number of nitrogens with zero attached hydrogens (tertiary/aromatic N) is 1. The number of halogens is 2. The molecule has 1 aromatic carbocycles. The van der Waals surface area contributed by atoms with Gasteiger partial charge in [-0.3, -0.25) is 9.59 Å². The first-order chi connectivity index (χ1) is 9.78. The van der Waals surface area contributed by atoms with Crippen LogP contribution in [0.4, 0.5) is 5.69 Å². The number of carbonyl (C=O) groups excluding carboxylic acids is 2. The molecule has 7 heteroatoms. The van der Waals surface area contributed by atoms with E-state index in [1.807, 2.05) is 6.92 Å². The average Bonchev–Trinajstić information content (AvgIpc) is 2.86. The third-order valence-electron chi connectivity index (χ3n) is 3.84. The topological polar surface area (TPSA) is 75.4 Å². The van der Waals surface area contributed by atoms with Crippen LogP contribution in [0, 0.1) is 5.41 Å². The quantitative estimate of drug-likeness (QED) is 0.816. The summed E-state index contributed by atoms with van der Waals surface area (Å²) in [5.74, 6) is -0.264. The van der Waals surface area contributed by atoms with E-state index in [0.29, 0.717) is 25.1 Å². The van der Waals surface area contributed by atoms with Crippen LogP contribution in [0.5, 0.6) is 0 Å². The third-order valence-corrected chi connectivity index (χ3v) is 4.66. The van der Waals surface area contributed by atoms with Crippen molar-refractivity contribution in [2.75, 3.05) is 25.9 Å². The Bertz CT molecular complexity index is 583. The summed E-state index contributed by atoms with van der Waals surface area (Å²) in [6.07, 6.45) is 0.620. The first-order valence-electron chi connectivity index (χ1n) is 6.54. The van der Waals surface area contributed by atoms with Gasteiger partial charge in [-0.05, 0) is 25.5 Å². The molecule has 2 rings (SSSR count). The normalized spacial score (nSPS) is 21.4. The molecule has 3 N–H and O–H groups in total. The second kappa shape index (κ2) is 5.73. The maximum absolute atomic E-state index is 12.5. The molecule has 0 aliphatic carbocycles. The van der Waals surface area contributed by atoms with Crippen LogP contribution in [0.25, 0.3) is 0 Å². The molecule has 2 amide bonds. The second-order valence-electron chi connectivity index (χ2n) is 5.48. The summed E-state index contributed by atoms with van der Waals surface area (Å²) in [6.45, 7) is 2.73. The number of hydrogen-bond donors (Lipinski definition) is 2. The van der Waals surface area contributed by atoms with Crippen LogP contribution in [0.15, 0.2) is 12.1 Å². The van der Waals surface area contributed by atoms with Gasteiger partial charge < -0.3 is 16.0 Å². The Morgan fingerprint density at radius 1 is 1.38 bits per heavy atom. The maximum atomic E-state index is 12.5. The zero-order chi connectivity index (χ0) is 15.8. The minimum Gasteiger partial charge on any atom is -0.397 e. The van der Waals surface area contributed by atoms with Gasteiger partial charge in [0.05, 0.1) is 21.1 Å². The van der Waals surface area contributed by atoms with Gasteiger partial charge in [0, 0.05) is 25.7 Å². The molecular formula is C14H17Cl2N3O2. The van der Waals surface area contributed by atoms with E-state index in [-0.39, 0.29) is 27.5 Å². The Labute approximate surface area is 133 Å². The van der Waals surface area contributed by atoms with Crippen molar-refractivity contribution in [1.82, 2.24) is 10.2 Å². The third kappa shape index (κ3) is 2.94. The van der Waals surface area contributed by atoms with Crippen molar-refractivity contribution < 1.29 is 9.59 Å². The number of hydrogen-bond acceptors (Lipinski definition) is 3. The molecule has 21 heavy (non-hydrogen) atoms. The van der Waals surface area contributed by atoms with Gasteiger partial charge in [-0.1, -0.05) is 23.2 Å². The summed E-state index contributed by atoms with van der Waals surface area (Å²) in [5, 5.41) is 3.12. The Kier molecular flexibility index (Phi) is 4.35. The molecule has 0 radical (unpaired) electrons. The smallest absolute Gasteiger partial charge is 0.254 e. The van der Waals surface area contributed by atoms with Crippen LogP contribution in [0.1, 0.15) is 23.7 Å². The van der Waals surface area contributed by atoms with Crippen LogP contribution in [0.3, 0.4) is 0 Å². The number of rotatable bonds is 2. The van der Waals surface area contributed by atoms with Gasteiger partial charge in [0.15, 0.2) is 0 Å². The Morgan fingerprint density at radius 2 is 2.05 bits per heavy atom. The fraction of sp³-hybridized carbons (Fsp3) is 0.429. The largest absolute Gasteiger partial charge is 0.397 e. The van der Waals surface area contributed by atoms with Gasteiger partial charge in [-0.15, -0.1) is 0 Å². The average molecular weight is 330 g/mol. The van der Waals surface area contributed by atoms with Gasteiger partial charge in [0.25, 0.3) is 5.91 Å². The van der Waals surface area contributed by atoms with Gasteiger partial charge in [0.2, 0.25) is 5.91 Å². The van der Waals surface area contributed by atoms with E-state index in [1.165, 1.54) is 12.1 Å². The van der Waals surface area contributed by atoms with E-state index in [1.54, 1.807) is 11.9 Å². The molecule has 1 aromatic rings. The molecule has 0 bridgehead atoms. The lowest BCUT2D eigenvalue weighted by molar-refractivity contribution is -0.128. The molecule has 0 aromatic heterocycles. The fourth-order valence-corrected chi connectivity index (χ4v) is 2.87. The van der Waals surface area contributed by atoms with E-state index in [2.05, 4.69) is 5.32 Å². The minimum absolute atomic E-state index is 0.0635. The molecule has 1 saturated heterocycles. The van der Waals surface area contributed by atoms with Gasteiger partial charge in [-0.2, -0.15) is 0 Å². The van der Waals surface area contributed by atoms with Crippen molar-refractivity contribution >= 4 is 40.7 Å². The SMILES string of the molecule is CNC(=O)C1(C)CCN(C(=O)c2cc(N)c(Cl)c(Cl)c2)C1. The van der Waals surface area contributed by atoms with Crippen molar-refractivity contribution in [2.45, 2.75) is 13.3 Å². The number of nitrogens with two attached hydrogens (primary N) is 1. The number of carbonyl (C=O) groups is 2. The van der Waals surface area contributed by atoms with Crippen molar-refractivity contribution in [1.29, 1.82) is 0 Å². The van der Waals surface area contributed by atoms with Crippen LogP contribution in [0.2, 0.25) is 10.0 Å². The Hall–Kier alpha value is -1.46. The number of nitrogens with one attached hydrogen (secondary N) is 1. The van der Waals surface area contributed by atoms with E-state index >= 15 is 0 Å². The van der Waals surface area contributed by atoms with Crippen LogP contribution < -0.4 is 11.1 Å². The second-order valence-corrected chi connectivity index (χ2v) is 6.26. The standard InChI is InChI=1S/C14H17Cl2N3O2/c1-14(13(21)18-2)3-4-19(7-14)12(20)8-5-9(15)11(16)10(17)6-8/h5-6H,3-4,7,17H2,1-2H3,(H,18,21). The highest BCUT2D eigenvalue weighted by molar-refractivity contribution is 6.43. The van der Waals surface area contributed by atoms with E-state index in [9.17, 15) is 9.59 Å². The molecule has 5 nitrogen and oxygen atoms in total. The zero-order valence-electron chi connectivity index (χ0n) is 11.9. The van der Waals surface area contributed by atoms with Crippen molar-refractivity contribution in [3.05, 3.63) is 27.7 Å². The Morgan fingerprint density at radius 3 is 2.62 bits per heavy atom.